The molecule has 2 aromatic rings. The number of benzene rings is 1. The Balaban J connectivity index is 1.75. The lowest BCUT2D eigenvalue weighted by Crippen LogP contribution is -2.01. The number of aromatic nitrogens is 1. The molecular weight excluding hydrogens is 342 g/mol. The summed E-state index contributed by atoms with van der Waals surface area (Å²) in [7, 11) is 0. The van der Waals surface area contributed by atoms with Crippen LogP contribution in [0.4, 0.5) is 0 Å². The average Bonchev–Trinajstić information content (AvgIpc) is 2.46. The van der Waals surface area contributed by atoms with Crippen LogP contribution in [0.15, 0.2) is 52.1 Å². The Hall–Kier alpha value is -1.53. The first-order chi connectivity index (χ1) is 9.65. The zero-order valence-electron chi connectivity index (χ0n) is 10.5. The van der Waals surface area contributed by atoms with Crippen LogP contribution in [0.25, 0.3) is 0 Å². The van der Waals surface area contributed by atoms with Gasteiger partial charge in [0, 0.05) is 16.4 Å². The lowest BCUT2D eigenvalue weighted by atomic mass is 10.2. The third-order valence-electron chi connectivity index (χ3n) is 2.40. The van der Waals surface area contributed by atoms with Crippen LogP contribution < -0.4 is 4.74 Å². The Bertz CT molecular complexity index is 572. The van der Waals surface area contributed by atoms with E-state index in [0.717, 1.165) is 15.3 Å². The summed E-state index contributed by atoms with van der Waals surface area (Å²) in [5.74, 6) is 0.503. The molecule has 0 bridgehead atoms. The van der Waals surface area contributed by atoms with Crippen molar-refractivity contribution in [3.8, 4) is 5.75 Å². The highest BCUT2D eigenvalue weighted by Gasteiger charge is 2.02. The van der Waals surface area contributed by atoms with Crippen molar-refractivity contribution in [3.05, 3.63) is 52.6 Å². The highest BCUT2D eigenvalue weighted by Crippen LogP contribution is 2.18. The Morgan fingerprint density at radius 1 is 1.25 bits per heavy atom. The fourth-order valence-electron chi connectivity index (χ4n) is 1.45. The van der Waals surface area contributed by atoms with E-state index in [4.69, 9.17) is 9.84 Å². The Morgan fingerprint density at radius 2 is 2.00 bits per heavy atom. The number of thioether (sulfide) groups is 1. The summed E-state index contributed by atoms with van der Waals surface area (Å²) in [6.45, 7) is 0.537. The summed E-state index contributed by atoms with van der Waals surface area (Å²) in [4.78, 5) is 14.9. The summed E-state index contributed by atoms with van der Waals surface area (Å²) in [6, 6.07) is 10.3. The van der Waals surface area contributed by atoms with E-state index in [9.17, 15) is 4.79 Å². The molecule has 0 aliphatic heterocycles. The van der Waals surface area contributed by atoms with Gasteiger partial charge >= 0.3 is 5.97 Å². The number of pyridine rings is 1. The van der Waals surface area contributed by atoms with Crippen molar-refractivity contribution < 1.29 is 14.6 Å². The van der Waals surface area contributed by atoms with Crippen molar-refractivity contribution in [3.63, 3.8) is 0 Å². The fraction of sp³-hybridized carbons (Fsp3) is 0.143. The molecule has 0 atom stereocenters. The molecule has 0 radical (unpaired) electrons. The molecule has 6 heteroatoms. The van der Waals surface area contributed by atoms with E-state index < -0.39 is 5.97 Å². The molecular formula is C14H12BrNO3S. The van der Waals surface area contributed by atoms with E-state index in [1.807, 2.05) is 12.1 Å². The van der Waals surface area contributed by atoms with Gasteiger partial charge in [-0.3, -0.25) is 0 Å². The van der Waals surface area contributed by atoms with Crippen molar-refractivity contribution in [1.29, 1.82) is 0 Å². The van der Waals surface area contributed by atoms with E-state index in [2.05, 4.69) is 20.9 Å². The topological polar surface area (TPSA) is 59.4 Å². The third kappa shape index (κ3) is 4.54. The molecule has 1 N–H and O–H groups in total. The monoisotopic (exact) mass is 353 g/mol. The molecule has 1 aromatic heterocycles. The molecule has 0 unspecified atom stereocenters. The molecule has 1 heterocycles. The molecule has 0 saturated heterocycles. The van der Waals surface area contributed by atoms with Gasteiger partial charge in [-0.1, -0.05) is 0 Å². The average molecular weight is 354 g/mol. The zero-order chi connectivity index (χ0) is 14.4. The smallest absolute Gasteiger partial charge is 0.335 e. The lowest BCUT2D eigenvalue weighted by Gasteiger charge is -2.06. The molecule has 20 heavy (non-hydrogen) atoms. The molecule has 0 fully saturated rings. The first-order valence-electron chi connectivity index (χ1n) is 5.85. The second kappa shape index (κ2) is 7.31. The normalized spacial score (nSPS) is 10.2. The van der Waals surface area contributed by atoms with E-state index in [1.165, 1.54) is 12.1 Å². The van der Waals surface area contributed by atoms with Gasteiger partial charge in [0.05, 0.1) is 17.2 Å². The summed E-state index contributed by atoms with van der Waals surface area (Å²) in [5.41, 5.74) is 0.255. The number of nitrogens with zero attached hydrogens (tertiary/aromatic N) is 1. The van der Waals surface area contributed by atoms with Crippen LogP contribution >= 0.6 is 27.7 Å². The largest absolute Gasteiger partial charge is 0.493 e. The first kappa shape index (κ1) is 14.9. The van der Waals surface area contributed by atoms with E-state index >= 15 is 0 Å². The van der Waals surface area contributed by atoms with Gasteiger partial charge in [-0.2, -0.15) is 0 Å². The molecule has 1 aromatic carbocycles. The Labute approximate surface area is 129 Å². The van der Waals surface area contributed by atoms with Crippen molar-refractivity contribution >= 4 is 33.7 Å². The summed E-state index contributed by atoms with van der Waals surface area (Å²) in [6.07, 6.45) is 1.76. The minimum Gasteiger partial charge on any atom is -0.493 e. The van der Waals surface area contributed by atoms with E-state index in [-0.39, 0.29) is 5.56 Å². The number of halogens is 1. The minimum absolute atomic E-state index is 0.255. The van der Waals surface area contributed by atoms with Gasteiger partial charge in [0.2, 0.25) is 0 Å². The van der Waals surface area contributed by atoms with Crippen molar-refractivity contribution in [2.45, 2.75) is 5.03 Å². The van der Waals surface area contributed by atoms with Crippen LogP contribution in [0.5, 0.6) is 5.75 Å². The number of carboxylic acid groups (broad SMARTS) is 1. The number of ether oxygens (including phenoxy) is 1. The van der Waals surface area contributed by atoms with Crippen molar-refractivity contribution in [1.82, 2.24) is 4.98 Å². The summed E-state index contributed by atoms with van der Waals surface area (Å²) >= 11 is 4.94. The number of hydrogen-bond donors (Lipinski definition) is 1. The second-order valence-corrected chi connectivity index (χ2v) is 5.87. The Morgan fingerprint density at radius 3 is 2.60 bits per heavy atom. The molecule has 0 aliphatic carbocycles. The quantitative estimate of drug-likeness (QED) is 0.633. The number of carbonyl (C=O) groups is 1. The molecule has 0 aliphatic rings. The predicted octanol–water partition coefficient (Wildman–Crippen LogP) is 3.71. The number of hydrogen-bond acceptors (Lipinski definition) is 4. The van der Waals surface area contributed by atoms with Gasteiger partial charge in [-0.15, -0.1) is 11.8 Å². The van der Waals surface area contributed by atoms with Gasteiger partial charge < -0.3 is 9.84 Å². The maximum atomic E-state index is 10.7. The predicted molar refractivity (Wildman–Crippen MR) is 81.6 cm³/mol. The SMILES string of the molecule is O=C(O)c1ccc(OCCSc2ccc(Br)cn2)cc1. The molecule has 104 valence electrons. The highest BCUT2D eigenvalue weighted by molar-refractivity contribution is 9.10. The highest BCUT2D eigenvalue weighted by atomic mass is 79.9. The Kier molecular flexibility index (Phi) is 5.43. The van der Waals surface area contributed by atoms with Crippen molar-refractivity contribution in [2.75, 3.05) is 12.4 Å². The number of carboxylic acids is 1. The van der Waals surface area contributed by atoms with Crippen LogP contribution in [0, 0.1) is 0 Å². The van der Waals surface area contributed by atoms with Gasteiger partial charge in [0.25, 0.3) is 0 Å². The van der Waals surface area contributed by atoms with Crippen LogP contribution in [-0.4, -0.2) is 28.4 Å². The number of aromatic carboxylic acids is 1. The van der Waals surface area contributed by atoms with E-state index in [1.54, 1.807) is 30.1 Å². The summed E-state index contributed by atoms with van der Waals surface area (Å²) < 4.78 is 6.49. The maximum absolute atomic E-state index is 10.7. The molecule has 0 amide bonds. The standard InChI is InChI=1S/C14H12BrNO3S/c15-11-3-6-13(16-9-11)20-8-7-19-12-4-1-10(2-5-12)14(17)18/h1-6,9H,7-8H2,(H,17,18). The van der Waals surface area contributed by atoms with Gasteiger partial charge in [0.1, 0.15) is 5.75 Å². The lowest BCUT2D eigenvalue weighted by molar-refractivity contribution is 0.0697. The molecule has 2 rings (SSSR count). The molecule has 0 spiro atoms. The van der Waals surface area contributed by atoms with Gasteiger partial charge in [0.15, 0.2) is 0 Å². The van der Waals surface area contributed by atoms with Crippen LogP contribution in [0.3, 0.4) is 0 Å². The van der Waals surface area contributed by atoms with Crippen LogP contribution in [-0.2, 0) is 0 Å². The first-order valence-corrected chi connectivity index (χ1v) is 7.63. The molecule has 4 nitrogen and oxygen atoms in total. The summed E-state index contributed by atoms with van der Waals surface area (Å²) in [5, 5.41) is 9.72. The third-order valence-corrected chi connectivity index (χ3v) is 3.78. The zero-order valence-corrected chi connectivity index (χ0v) is 12.9. The van der Waals surface area contributed by atoms with Crippen LogP contribution in [0.2, 0.25) is 0 Å². The van der Waals surface area contributed by atoms with E-state index in [0.29, 0.717) is 12.4 Å². The fourth-order valence-corrected chi connectivity index (χ4v) is 2.35. The van der Waals surface area contributed by atoms with Crippen LogP contribution in [0.1, 0.15) is 10.4 Å². The van der Waals surface area contributed by atoms with Gasteiger partial charge in [-0.05, 0) is 52.3 Å². The van der Waals surface area contributed by atoms with Crippen molar-refractivity contribution in [2.24, 2.45) is 0 Å². The second-order valence-electron chi connectivity index (χ2n) is 3.84. The van der Waals surface area contributed by atoms with Gasteiger partial charge in [-0.25, -0.2) is 9.78 Å². The minimum atomic E-state index is -0.937. The number of rotatable bonds is 6. The molecule has 0 saturated carbocycles. The maximum Gasteiger partial charge on any atom is 0.335 e.